The first-order valence-corrected chi connectivity index (χ1v) is 10.8. The molecule has 0 saturated carbocycles. The van der Waals surface area contributed by atoms with Gasteiger partial charge in [0.05, 0.1) is 11.2 Å². The summed E-state index contributed by atoms with van der Waals surface area (Å²) < 4.78 is 29.3. The van der Waals surface area contributed by atoms with Crippen molar-refractivity contribution in [3.05, 3.63) is 84.4 Å². The summed E-state index contributed by atoms with van der Waals surface area (Å²) in [5, 5.41) is 3.65. The molecular weight excluding hydrogens is 406 g/mol. The first kappa shape index (κ1) is 21.6. The van der Waals surface area contributed by atoms with Crippen LogP contribution in [0, 0.1) is 11.6 Å². The Morgan fingerprint density at radius 2 is 1.53 bits per heavy atom. The minimum Gasteiger partial charge on any atom is -0.326 e. The third kappa shape index (κ3) is 4.67. The van der Waals surface area contributed by atoms with Gasteiger partial charge >= 0.3 is 0 Å². The quantitative estimate of drug-likeness (QED) is 0.311. The minimum absolute atomic E-state index is 0.0388. The predicted molar refractivity (Wildman–Crippen MR) is 125 cm³/mol. The molecule has 162 valence electrons. The van der Waals surface area contributed by atoms with Crippen molar-refractivity contribution in [2.75, 3.05) is 5.32 Å². The number of nitrogens with one attached hydrogen (secondary N) is 1. The SMILES string of the molecule is CCCCCC(=O)Nc1ccc2nc(-c3ccccc3F)c(-c3ccccc3F)cc2c1. The highest BCUT2D eigenvalue weighted by molar-refractivity contribution is 5.96. The zero-order valence-corrected chi connectivity index (χ0v) is 17.9. The minimum atomic E-state index is -0.423. The Morgan fingerprint density at radius 1 is 0.844 bits per heavy atom. The van der Waals surface area contributed by atoms with Crippen LogP contribution in [0.3, 0.4) is 0 Å². The maximum absolute atomic E-state index is 14.7. The molecule has 0 aliphatic heterocycles. The largest absolute Gasteiger partial charge is 0.326 e. The standard InChI is InChI=1S/C27H24F2N2O/c1-2-3-4-13-26(32)30-19-14-15-25-18(16-19)17-22(20-9-5-7-11-23(20)28)27(31-25)21-10-6-8-12-24(21)29/h5-12,14-17H,2-4,13H2,1H3,(H,30,32). The molecule has 1 heterocycles. The topological polar surface area (TPSA) is 42.0 Å². The van der Waals surface area contributed by atoms with Gasteiger partial charge in [-0.15, -0.1) is 0 Å². The van der Waals surface area contributed by atoms with Crippen molar-refractivity contribution >= 4 is 22.5 Å². The summed E-state index contributed by atoms with van der Waals surface area (Å²) in [6, 6.07) is 19.9. The van der Waals surface area contributed by atoms with E-state index in [9.17, 15) is 13.6 Å². The summed E-state index contributed by atoms with van der Waals surface area (Å²) in [5.41, 5.74) is 2.80. The van der Waals surface area contributed by atoms with Crippen LogP contribution in [0.5, 0.6) is 0 Å². The van der Waals surface area contributed by atoms with Crippen LogP contribution in [-0.2, 0) is 4.79 Å². The average molecular weight is 430 g/mol. The average Bonchev–Trinajstić information content (AvgIpc) is 2.79. The summed E-state index contributed by atoms with van der Waals surface area (Å²) in [4.78, 5) is 16.9. The summed E-state index contributed by atoms with van der Waals surface area (Å²) in [7, 11) is 0. The smallest absolute Gasteiger partial charge is 0.224 e. The number of rotatable bonds is 7. The van der Waals surface area contributed by atoms with E-state index in [2.05, 4.69) is 17.2 Å². The molecule has 0 radical (unpaired) electrons. The van der Waals surface area contributed by atoms with E-state index in [1.165, 1.54) is 12.1 Å². The zero-order chi connectivity index (χ0) is 22.5. The molecule has 1 N–H and O–H groups in total. The van der Waals surface area contributed by atoms with Crippen LogP contribution in [0.2, 0.25) is 0 Å². The normalized spacial score (nSPS) is 11.0. The van der Waals surface area contributed by atoms with Crippen molar-refractivity contribution in [3.63, 3.8) is 0 Å². The lowest BCUT2D eigenvalue weighted by molar-refractivity contribution is -0.116. The Morgan fingerprint density at radius 3 is 2.22 bits per heavy atom. The van der Waals surface area contributed by atoms with Gasteiger partial charge in [-0.1, -0.05) is 50.1 Å². The van der Waals surface area contributed by atoms with Gasteiger partial charge in [-0.2, -0.15) is 0 Å². The number of amides is 1. The van der Waals surface area contributed by atoms with Crippen LogP contribution in [0.25, 0.3) is 33.3 Å². The molecular formula is C27H24F2N2O. The highest BCUT2D eigenvalue weighted by Crippen LogP contribution is 2.36. The number of aromatic nitrogens is 1. The fourth-order valence-corrected chi connectivity index (χ4v) is 3.76. The molecule has 0 spiro atoms. The lowest BCUT2D eigenvalue weighted by Gasteiger charge is -2.14. The molecule has 0 aliphatic carbocycles. The number of pyridine rings is 1. The number of carbonyl (C=O) groups excluding carboxylic acids is 1. The molecule has 0 atom stereocenters. The van der Waals surface area contributed by atoms with Gasteiger partial charge < -0.3 is 5.32 Å². The number of halogens is 2. The van der Waals surface area contributed by atoms with Crippen LogP contribution in [0.1, 0.15) is 32.6 Å². The van der Waals surface area contributed by atoms with E-state index in [1.54, 1.807) is 54.6 Å². The first-order chi connectivity index (χ1) is 15.6. The monoisotopic (exact) mass is 430 g/mol. The molecule has 5 heteroatoms. The van der Waals surface area contributed by atoms with E-state index < -0.39 is 11.6 Å². The van der Waals surface area contributed by atoms with Gasteiger partial charge in [0, 0.05) is 34.2 Å². The van der Waals surface area contributed by atoms with Crippen LogP contribution in [0.15, 0.2) is 72.8 Å². The Labute approximate surface area is 186 Å². The second-order valence-electron chi connectivity index (χ2n) is 7.76. The third-order valence-electron chi connectivity index (χ3n) is 5.40. The number of anilines is 1. The molecule has 4 aromatic rings. The van der Waals surface area contributed by atoms with Crippen LogP contribution in [0.4, 0.5) is 14.5 Å². The number of hydrogen-bond acceptors (Lipinski definition) is 2. The lowest BCUT2D eigenvalue weighted by Crippen LogP contribution is -2.10. The van der Waals surface area contributed by atoms with Gasteiger partial charge in [0.2, 0.25) is 5.91 Å². The van der Waals surface area contributed by atoms with E-state index in [-0.39, 0.29) is 5.91 Å². The predicted octanol–water partition coefficient (Wildman–Crippen LogP) is 7.37. The van der Waals surface area contributed by atoms with Gasteiger partial charge in [-0.25, -0.2) is 13.8 Å². The number of fused-ring (bicyclic) bond motifs is 1. The molecule has 1 amide bonds. The first-order valence-electron chi connectivity index (χ1n) is 10.8. The fraction of sp³-hybridized carbons (Fsp3) is 0.185. The highest BCUT2D eigenvalue weighted by atomic mass is 19.1. The Balaban J connectivity index is 1.80. The van der Waals surface area contributed by atoms with Gasteiger partial charge in [0.15, 0.2) is 0 Å². The number of nitrogens with zero attached hydrogens (tertiary/aromatic N) is 1. The Kier molecular flexibility index (Phi) is 6.55. The zero-order valence-electron chi connectivity index (χ0n) is 17.9. The molecule has 0 aliphatic rings. The lowest BCUT2D eigenvalue weighted by atomic mass is 9.96. The number of hydrogen-bond donors (Lipinski definition) is 1. The summed E-state index contributed by atoms with van der Waals surface area (Å²) in [6.07, 6.45) is 3.38. The molecule has 1 aromatic heterocycles. The Hall–Kier alpha value is -3.60. The third-order valence-corrected chi connectivity index (χ3v) is 5.40. The summed E-state index contributed by atoms with van der Waals surface area (Å²) >= 11 is 0. The van der Waals surface area contributed by atoms with Gasteiger partial charge in [0.25, 0.3) is 0 Å². The molecule has 3 aromatic carbocycles. The fourth-order valence-electron chi connectivity index (χ4n) is 3.76. The van der Waals surface area contributed by atoms with Gasteiger partial charge in [-0.3, -0.25) is 4.79 Å². The van der Waals surface area contributed by atoms with Crippen LogP contribution in [-0.4, -0.2) is 10.9 Å². The van der Waals surface area contributed by atoms with E-state index in [4.69, 9.17) is 0 Å². The summed E-state index contributed by atoms with van der Waals surface area (Å²) in [5.74, 6) is -0.873. The number of carbonyl (C=O) groups is 1. The second-order valence-corrected chi connectivity index (χ2v) is 7.76. The van der Waals surface area contributed by atoms with Crippen molar-refractivity contribution < 1.29 is 13.6 Å². The number of benzene rings is 3. The molecule has 4 rings (SSSR count). The van der Waals surface area contributed by atoms with Crippen molar-refractivity contribution in [1.82, 2.24) is 4.98 Å². The van der Waals surface area contributed by atoms with Crippen LogP contribution >= 0.6 is 0 Å². The number of unbranched alkanes of at least 4 members (excludes halogenated alkanes) is 2. The van der Waals surface area contributed by atoms with Crippen molar-refractivity contribution in [2.24, 2.45) is 0 Å². The van der Waals surface area contributed by atoms with E-state index in [1.807, 2.05) is 6.07 Å². The Bertz CT molecular complexity index is 1270. The molecule has 0 saturated heterocycles. The van der Waals surface area contributed by atoms with Crippen molar-refractivity contribution in [3.8, 4) is 22.4 Å². The van der Waals surface area contributed by atoms with E-state index in [0.717, 1.165) is 24.6 Å². The summed E-state index contributed by atoms with van der Waals surface area (Å²) in [6.45, 7) is 2.09. The molecule has 0 bridgehead atoms. The van der Waals surface area contributed by atoms with Gasteiger partial charge in [0.1, 0.15) is 11.6 Å². The van der Waals surface area contributed by atoms with E-state index >= 15 is 0 Å². The van der Waals surface area contributed by atoms with Crippen LogP contribution < -0.4 is 5.32 Å². The molecule has 0 fully saturated rings. The maximum atomic E-state index is 14.7. The van der Waals surface area contributed by atoms with Gasteiger partial charge in [-0.05, 0) is 48.9 Å². The molecule has 0 unspecified atom stereocenters. The second kappa shape index (κ2) is 9.69. The molecule has 32 heavy (non-hydrogen) atoms. The van der Waals surface area contributed by atoms with Crippen molar-refractivity contribution in [1.29, 1.82) is 0 Å². The molecule has 3 nitrogen and oxygen atoms in total. The maximum Gasteiger partial charge on any atom is 0.224 e. The van der Waals surface area contributed by atoms with E-state index in [0.29, 0.717) is 40.0 Å². The highest BCUT2D eigenvalue weighted by Gasteiger charge is 2.17. The van der Waals surface area contributed by atoms with Crippen molar-refractivity contribution in [2.45, 2.75) is 32.6 Å².